The summed E-state index contributed by atoms with van der Waals surface area (Å²) in [5.41, 5.74) is 8.01. The number of unbranched alkanes of at least 4 members (excludes halogenated alkanes) is 2. The van der Waals surface area contributed by atoms with E-state index in [1.54, 1.807) is 0 Å². The van der Waals surface area contributed by atoms with Crippen molar-refractivity contribution in [3.8, 4) is 0 Å². The maximum atomic E-state index is 8.01. The number of nitrogens with zero attached hydrogens (tertiary/aromatic N) is 4. The molecule has 0 aliphatic heterocycles. The lowest BCUT2D eigenvalue weighted by Crippen LogP contribution is -2.35. The van der Waals surface area contributed by atoms with Crippen LogP contribution in [0.4, 0.5) is 0 Å². The molecule has 4 nitrogen and oxygen atoms in total. The average Bonchev–Trinajstić information content (AvgIpc) is 1.94. The zero-order chi connectivity index (χ0) is 9.45. The summed E-state index contributed by atoms with van der Waals surface area (Å²) < 4.78 is 1.02. The fraction of sp³-hybridized carbons (Fsp3) is 1.00. The average molecular weight is 171 g/mol. The van der Waals surface area contributed by atoms with Gasteiger partial charge in [-0.15, -0.1) is 0 Å². The Balaban J connectivity index is 3.16. The van der Waals surface area contributed by atoms with E-state index in [9.17, 15) is 0 Å². The molecule has 0 aliphatic rings. The molecule has 0 atom stereocenters. The first kappa shape index (κ1) is 11.3. The largest absolute Gasteiger partial charge is 0.331 e. The molecule has 0 rings (SSSR count). The van der Waals surface area contributed by atoms with Crippen molar-refractivity contribution in [1.82, 2.24) is 0 Å². The Kier molecular flexibility index (Phi) is 5.51. The Morgan fingerprint density at radius 1 is 1.17 bits per heavy atom. The fourth-order valence-corrected chi connectivity index (χ4v) is 0.990. The first-order chi connectivity index (χ1) is 5.56. The van der Waals surface area contributed by atoms with Gasteiger partial charge in [0.05, 0.1) is 27.7 Å². The zero-order valence-electron chi connectivity index (χ0n) is 8.32. The van der Waals surface area contributed by atoms with E-state index in [2.05, 4.69) is 31.2 Å². The van der Waals surface area contributed by atoms with E-state index in [0.717, 1.165) is 17.3 Å². The number of hydrogen-bond donors (Lipinski definition) is 0. The molecule has 0 unspecified atom stereocenters. The van der Waals surface area contributed by atoms with E-state index < -0.39 is 0 Å². The number of hydrogen-bond acceptors (Lipinski definition) is 1. The lowest BCUT2D eigenvalue weighted by molar-refractivity contribution is -0.870. The van der Waals surface area contributed by atoms with Crippen molar-refractivity contribution in [3.63, 3.8) is 0 Å². The smallest absolute Gasteiger partial charge is 0.0780 e. The quantitative estimate of drug-likeness (QED) is 0.193. The van der Waals surface area contributed by atoms with Crippen molar-refractivity contribution >= 4 is 0 Å². The summed E-state index contributed by atoms with van der Waals surface area (Å²) in [5.74, 6) is 0. The van der Waals surface area contributed by atoms with Gasteiger partial charge in [0.15, 0.2) is 0 Å². The summed E-state index contributed by atoms with van der Waals surface area (Å²) in [5, 5.41) is 3.48. The van der Waals surface area contributed by atoms with E-state index >= 15 is 0 Å². The Bertz CT molecular complexity index is 153. The van der Waals surface area contributed by atoms with Crippen LogP contribution in [0.25, 0.3) is 10.4 Å². The van der Waals surface area contributed by atoms with Crippen LogP contribution in [-0.2, 0) is 0 Å². The summed E-state index contributed by atoms with van der Waals surface area (Å²) in [6, 6.07) is 0. The number of azide groups is 1. The van der Waals surface area contributed by atoms with Crippen LogP contribution in [0.15, 0.2) is 5.11 Å². The molecule has 0 heterocycles. The molecule has 0 fully saturated rings. The predicted octanol–water partition coefficient (Wildman–Crippen LogP) is 2.17. The van der Waals surface area contributed by atoms with Gasteiger partial charge in [-0.05, 0) is 24.8 Å². The molecular formula is C8H19N4+. The zero-order valence-corrected chi connectivity index (χ0v) is 8.32. The molecule has 12 heavy (non-hydrogen) atoms. The lowest BCUT2D eigenvalue weighted by atomic mass is 10.2. The van der Waals surface area contributed by atoms with Crippen molar-refractivity contribution in [3.05, 3.63) is 10.4 Å². The third-order valence-electron chi connectivity index (χ3n) is 1.65. The summed E-state index contributed by atoms with van der Waals surface area (Å²) in [7, 11) is 6.56. The van der Waals surface area contributed by atoms with Crippen molar-refractivity contribution in [2.75, 3.05) is 34.2 Å². The maximum Gasteiger partial charge on any atom is 0.0780 e. The molecule has 0 saturated heterocycles. The van der Waals surface area contributed by atoms with Gasteiger partial charge in [0.1, 0.15) is 0 Å². The third-order valence-corrected chi connectivity index (χ3v) is 1.65. The molecule has 0 spiro atoms. The molecule has 0 aromatic carbocycles. The maximum absolute atomic E-state index is 8.01. The minimum atomic E-state index is 0.646. The standard InChI is InChI=1S/C8H19N4/c1-12(2,3)8-6-4-5-7-10-11-9/h4-8H2,1-3H3/q+1. The first-order valence-corrected chi connectivity index (χ1v) is 4.37. The van der Waals surface area contributed by atoms with Crippen LogP contribution in [0.5, 0.6) is 0 Å². The van der Waals surface area contributed by atoms with Crippen LogP contribution in [0.2, 0.25) is 0 Å². The molecule has 0 bridgehead atoms. The van der Waals surface area contributed by atoms with Gasteiger partial charge >= 0.3 is 0 Å². The normalized spacial score (nSPS) is 10.9. The van der Waals surface area contributed by atoms with E-state index in [0.29, 0.717) is 6.54 Å². The Hall–Kier alpha value is -0.730. The minimum Gasteiger partial charge on any atom is -0.331 e. The molecule has 4 heteroatoms. The molecule has 0 aliphatic carbocycles. The van der Waals surface area contributed by atoms with Crippen LogP contribution in [0.3, 0.4) is 0 Å². The number of quaternary nitrogens is 1. The summed E-state index contributed by atoms with van der Waals surface area (Å²) in [6.07, 6.45) is 3.39. The van der Waals surface area contributed by atoms with Gasteiger partial charge in [0.2, 0.25) is 0 Å². The molecule has 70 valence electrons. The Morgan fingerprint density at radius 2 is 1.83 bits per heavy atom. The molecule has 0 aromatic heterocycles. The molecule has 0 saturated carbocycles. The summed E-state index contributed by atoms with van der Waals surface area (Å²) in [6.45, 7) is 1.84. The highest BCUT2D eigenvalue weighted by atomic mass is 15.3. The third kappa shape index (κ3) is 9.27. The minimum absolute atomic E-state index is 0.646. The van der Waals surface area contributed by atoms with E-state index in [4.69, 9.17) is 5.53 Å². The van der Waals surface area contributed by atoms with Crippen LogP contribution < -0.4 is 0 Å². The van der Waals surface area contributed by atoms with Crippen LogP contribution >= 0.6 is 0 Å². The van der Waals surface area contributed by atoms with E-state index in [1.165, 1.54) is 13.0 Å². The van der Waals surface area contributed by atoms with Gasteiger partial charge in [0, 0.05) is 11.5 Å². The Morgan fingerprint density at radius 3 is 2.33 bits per heavy atom. The molecule has 0 radical (unpaired) electrons. The summed E-state index contributed by atoms with van der Waals surface area (Å²) in [4.78, 5) is 2.70. The Labute approximate surface area is 74.4 Å². The summed E-state index contributed by atoms with van der Waals surface area (Å²) >= 11 is 0. The topological polar surface area (TPSA) is 48.8 Å². The second kappa shape index (κ2) is 5.86. The fourth-order valence-electron chi connectivity index (χ4n) is 0.990. The van der Waals surface area contributed by atoms with Crippen LogP contribution in [0.1, 0.15) is 19.3 Å². The second-order valence-electron chi connectivity index (χ2n) is 4.03. The lowest BCUT2D eigenvalue weighted by Gasteiger charge is -2.23. The monoisotopic (exact) mass is 171 g/mol. The van der Waals surface area contributed by atoms with E-state index in [-0.39, 0.29) is 0 Å². The van der Waals surface area contributed by atoms with Crippen LogP contribution in [0, 0.1) is 0 Å². The van der Waals surface area contributed by atoms with E-state index in [1.807, 2.05) is 0 Å². The molecular weight excluding hydrogens is 152 g/mol. The van der Waals surface area contributed by atoms with Gasteiger partial charge in [-0.25, -0.2) is 0 Å². The first-order valence-electron chi connectivity index (χ1n) is 4.37. The SMILES string of the molecule is C[N+](C)(C)CCCCCN=[N+]=[N-]. The van der Waals surface area contributed by atoms with Gasteiger partial charge in [-0.1, -0.05) is 5.11 Å². The molecule has 0 N–H and O–H groups in total. The molecule has 0 amide bonds. The predicted molar refractivity (Wildman–Crippen MR) is 50.8 cm³/mol. The number of rotatable bonds is 6. The van der Waals surface area contributed by atoms with Crippen molar-refractivity contribution in [2.45, 2.75) is 19.3 Å². The van der Waals surface area contributed by atoms with Gasteiger partial charge in [0.25, 0.3) is 0 Å². The van der Waals surface area contributed by atoms with Crippen molar-refractivity contribution in [1.29, 1.82) is 0 Å². The highest BCUT2D eigenvalue weighted by Crippen LogP contribution is 2.00. The second-order valence-corrected chi connectivity index (χ2v) is 4.03. The molecule has 0 aromatic rings. The van der Waals surface area contributed by atoms with Gasteiger partial charge in [-0.2, -0.15) is 0 Å². The van der Waals surface area contributed by atoms with Crippen molar-refractivity contribution in [2.24, 2.45) is 5.11 Å². The highest BCUT2D eigenvalue weighted by molar-refractivity contribution is 4.47. The van der Waals surface area contributed by atoms with Gasteiger partial charge in [-0.3, -0.25) is 0 Å². The van der Waals surface area contributed by atoms with Gasteiger partial charge < -0.3 is 4.48 Å². The van der Waals surface area contributed by atoms with Crippen LogP contribution in [-0.4, -0.2) is 38.7 Å². The highest BCUT2D eigenvalue weighted by Gasteiger charge is 2.04. The van der Waals surface area contributed by atoms with Crippen molar-refractivity contribution < 1.29 is 4.48 Å².